The predicted molar refractivity (Wildman–Crippen MR) is 96.1 cm³/mol. The second-order valence-corrected chi connectivity index (χ2v) is 6.93. The van der Waals surface area contributed by atoms with Crippen LogP contribution in [0.2, 0.25) is 0 Å². The number of hydrogen-bond acceptors (Lipinski definition) is 5. The standard InChI is InChI=1S/C18H14BrFN4O/c1-24-3-2-10-5-15(14(20)4-11(10)9-24)23-18-17(19)13-6-12(7-21)25-16(13)8-22-18/h4-6,8H,2-3,9H2,1H3,(H,22,23). The fraction of sp³-hybridized carbons (Fsp3) is 0.222. The van der Waals surface area contributed by atoms with Crippen molar-refractivity contribution < 1.29 is 8.81 Å². The van der Waals surface area contributed by atoms with Gasteiger partial charge < -0.3 is 14.6 Å². The fourth-order valence-electron chi connectivity index (χ4n) is 3.07. The number of nitriles is 1. The molecule has 1 aliphatic heterocycles. The van der Waals surface area contributed by atoms with Crippen molar-refractivity contribution in [3.05, 3.63) is 51.6 Å². The zero-order chi connectivity index (χ0) is 17.6. The number of pyridine rings is 1. The van der Waals surface area contributed by atoms with Gasteiger partial charge in [0.25, 0.3) is 0 Å². The Labute approximate surface area is 152 Å². The Morgan fingerprint density at radius 3 is 3.00 bits per heavy atom. The van der Waals surface area contributed by atoms with Gasteiger partial charge in [-0.3, -0.25) is 0 Å². The van der Waals surface area contributed by atoms with Gasteiger partial charge in [-0.25, -0.2) is 9.37 Å². The van der Waals surface area contributed by atoms with Gasteiger partial charge in [0.2, 0.25) is 5.76 Å². The normalized spacial score (nSPS) is 14.3. The van der Waals surface area contributed by atoms with Crippen LogP contribution in [0.1, 0.15) is 16.9 Å². The molecule has 0 fully saturated rings. The first-order valence-corrected chi connectivity index (χ1v) is 8.59. The van der Waals surface area contributed by atoms with Crippen LogP contribution in [0, 0.1) is 17.1 Å². The monoisotopic (exact) mass is 400 g/mol. The third-order valence-corrected chi connectivity index (χ3v) is 5.17. The number of nitrogens with one attached hydrogen (secondary N) is 1. The summed E-state index contributed by atoms with van der Waals surface area (Å²) in [5, 5.41) is 12.7. The molecule has 1 aliphatic rings. The molecule has 0 radical (unpaired) electrons. The third kappa shape index (κ3) is 2.88. The van der Waals surface area contributed by atoms with Crippen molar-refractivity contribution in [1.82, 2.24) is 9.88 Å². The molecule has 0 aliphatic carbocycles. The average molecular weight is 401 g/mol. The van der Waals surface area contributed by atoms with Gasteiger partial charge in [-0.05, 0) is 52.7 Å². The molecule has 0 amide bonds. The van der Waals surface area contributed by atoms with Crippen molar-refractivity contribution in [2.24, 2.45) is 0 Å². The van der Waals surface area contributed by atoms with E-state index in [1.165, 1.54) is 6.20 Å². The molecule has 0 bridgehead atoms. The summed E-state index contributed by atoms with van der Waals surface area (Å²) < 4.78 is 20.5. The van der Waals surface area contributed by atoms with Gasteiger partial charge in [0.1, 0.15) is 17.7 Å². The summed E-state index contributed by atoms with van der Waals surface area (Å²) in [7, 11) is 2.03. The number of furan rings is 1. The molecule has 3 heterocycles. The van der Waals surface area contributed by atoms with Gasteiger partial charge in [-0.1, -0.05) is 0 Å². The number of halogens is 2. The first-order chi connectivity index (χ1) is 12.0. The lowest BCUT2D eigenvalue weighted by molar-refractivity contribution is 0.312. The minimum atomic E-state index is -0.312. The van der Waals surface area contributed by atoms with Crippen molar-refractivity contribution in [3.63, 3.8) is 0 Å². The Hall–Kier alpha value is -2.43. The van der Waals surface area contributed by atoms with Crippen LogP contribution >= 0.6 is 15.9 Å². The summed E-state index contributed by atoms with van der Waals surface area (Å²) in [6, 6.07) is 7.03. The van der Waals surface area contributed by atoms with Crippen LogP contribution in [0.15, 0.2) is 33.3 Å². The molecule has 0 unspecified atom stereocenters. The number of anilines is 2. The minimum absolute atomic E-state index is 0.207. The molecule has 3 aromatic rings. The van der Waals surface area contributed by atoms with Crippen molar-refractivity contribution >= 4 is 38.4 Å². The molecule has 0 atom stereocenters. The van der Waals surface area contributed by atoms with Gasteiger partial charge in [0.15, 0.2) is 5.58 Å². The minimum Gasteiger partial charge on any atom is -0.444 e. The highest BCUT2D eigenvalue weighted by molar-refractivity contribution is 9.10. The van der Waals surface area contributed by atoms with E-state index in [0.717, 1.165) is 30.6 Å². The predicted octanol–water partition coefficient (Wildman–Crippen LogP) is 4.33. The first kappa shape index (κ1) is 16.1. The highest BCUT2D eigenvalue weighted by Gasteiger charge is 2.18. The molecule has 1 aromatic carbocycles. The number of hydrogen-bond donors (Lipinski definition) is 1. The van der Waals surface area contributed by atoms with Crippen LogP contribution in [0.3, 0.4) is 0 Å². The third-order valence-electron chi connectivity index (χ3n) is 4.37. The smallest absolute Gasteiger partial charge is 0.204 e. The number of nitrogens with zero attached hydrogens (tertiary/aromatic N) is 3. The van der Waals surface area contributed by atoms with Crippen LogP contribution < -0.4 is 5.32 Å². The fourth-order valence-corrected chi connectivity index (χ4v) is 3.58. The molecular formula is C18H14BrFN4O. The van der Waals surface area contributed by atoms with Crippen molar-refractivity contribution in [2.45, 2.75) is 13.0 Å². The van der Waals surface area contributed by atoms with E-state index in [1.54, 1.807) is 12.1 Å². The molecule has 25 heavy (non-hydrogen) atoms. The van der Waals surface area contributed by atoms with Crippen molar-refractivity contribution in [1.29, 1.82) is 5.26 Å². The first-order valence-electron chi connectivity index (χ1n) is 7.80. The van der Waals surface area contributed by atoms with Gasteiger partial charge in [0, 0.05) is 24.5 Å². The molecule has 1 N–H and O–H groups in total. The van der Waals surface area contributed by atoms with E-state index in [1.807, 2.05) is 19.2 Å². The Kier molecular flexibility index (Phi) is 3.94. The van der Waals surface area contributed by atoms with Crippen LogP contribution in [-0.4, -0.2) is 23.5 Å². The summed E-state index contributed by atoms with van der Waals surface area (Å²) in [6.07, 6.45) is 2.41. The van der Waals surface area contributed by atoms with E-state index in [9.17, 15) is 4.39 Å². The number of aromatic nitrogens is 1. The lowest BCUT2D eigenvalue weighted by Crippen LogP contribution is -2.26. The van der Waals surface area contributed by atoms with Crippen LogP contribution in [0.25, 0.3) is 11.0 Å². The second-order valence-electron chi connectivity index (χ2n) is 6.13. The van der Waals surface area contributed by atoms with E-state index in [2.05, 4.69) is 31.1 Å². The van der Waals surface area contributed by atoms with E-state index in [4.69, 9.17) is 9.68 Å². The summed E-state index contributed by atoms with van der Waals surface area (Å²) in [5.74, 6) is 0.371. The molecule has 0 saturated heterocycles. The topological polar surface area (TPSA) is 65.1 Å². The average Bonchev–Trinajstić information content (AvgIpc) is 3.02. The number of fused-ring (bicyclic) bond motifs is 2. The van der Waals surface area contributed by atoms with Gasteiger partial charge >= 0.3 is 0 Å². The molecule has 126 valence electrons. The highest BCUT2D eigenvalue weighted by Crippen LogP contribution is 2.34. The SMILES string of the molecule is CN1CCc2cc(Nc3ncc4oc(C#N)cc4c3Br)c(F)cc2C1. The zero-order valence-electron chi connectivity index (χ0n) is 13.4. The molecule has 0 spiro atoms. The van der Waals surface area contributed by atoms with Crippen LogP contribution in [0.4, 0.5) is 15.9 Å². The van der Waals surface area contributed by atoms with Gasteiger partial charge in [0.05, 0.1) is 16.4 Å². The van der Waals surface area contributed by atoms with Crippen molar-refractivity contribution in [3.8, 4) is 6.07 Å². The van der Waals surface area contributed by atoms with Crippen molar-refractivity contribution in [2.75, 3.05) is 18.9 Å². The van der Waals surface area contributed by atoms with E-state index in [0.29, 0.717) is 26.9 Å². The largest absolute Gasteiger partial charge is 0.444 e. The van der Waals surface area contributed by atoms with Gasteiger partial charge in [-0.2, -0.15) is 5.26 Å². The number of rotatable bonds is 2. The molecule has 7 heteroatoms. The van der Waals surface area contributed by atoms with Gasteiger partial charge in [-0.15, -0.1) is 0 Å². The Bertz CT molecular complexity index is 1020. The summed E-state index contributed by atoms with van der Waals surface area (Å²) in [6.45, 7) is 1.71. The number of likely N-dealkylation sites (N-methyl/N-ethyl adjacent to an activating group) is 1. The maximum Gasteiger partial charge on any atom is 0.204 e. The molecular weight excluding hydrogens is 387 g/mol. The summed E-state index contributed by atoms with van der Waals surface area (Å²) >= 11 is 3.47. The molecule has 5 nitrogen and oxygen atoms in total. The maximum atomic E-state index is 14.5. The molecule has 0 saturated carbocycles. The number of benzene rings is 1. The van der Waals surface area contributed by atoms with E-state index < -0.39 is 0 Å². The maximum absolute atomic E-state index is 14.5. The molecule has 4 rings (SSSR count). The zero-order valence-corrected chi connectivity index (χ0v) is 15.0. The Morgan fingerprint density at radius 2 is 2.20 bits per heavy atom. The van der Waals surface area contributed by atoms with E-state index in [-0.39, 0.29) is 11.6 Å². The highest BCUT2D eigenvalue weighted by atomic mass is 79.9. The Balaban J connectivity index is 1.72. The molecule has 2 aromatic heterocycles. The van der Waals surface area contributed by atoms with Crippen LogP contribution in [-0.2, 0) is 13.0 Å². The quantitative estimate of drug-likeness (QED) is 0.693. The van der Waals surface area contributed by atoms with Crippen LogP contribution in [0.5, 0.6) is 0 Å². The summed E-state index contributed by atoms with van der Waals surface area (Å²) in [5.41, 5.74) is 3.06. The van der Waals surface area contributed by atoms with E-state index >= 15 is 0 Å². The summed E-state index contributed by atoms with van der Waals surface area (Å²) in [4.78, 5) is 6.45. The second kappa shape index (κ2) is 6.14. The lowest BCUT2D eigenvalue weighted by atomic mass is 9.99. The lowest BCUT2D eigenvalue weighted by Gasteiger charge is -2.25. The Morgan fingerprint density at radius 1 is 1.36 bits per heavy atom.